The maximum atomic E-state index is 5.41. The molecule has 356 valence electrons. The Kier molecular flexibility index (Phi) is 29.2. The van der Waals surface area contributed by atoms with Gasteiger partial charge in [0.2, 0.25) is 0 Å². The van der Waals surface area contributed by atoms with Crippen LogP contribution in [0.5, 0.6) is 0 Å². The summed E-state index contributed by atoms with van der Waals surface area (Å²) in [5.74, 6) is 4.08. The number of hydrogen-bond donors (Lipinski definition) is 0. The molecule has 0 aromatic rings. The summed E-state index contributed by atoms with van der Waals surface area (Å²) in [7, 11) is 0. The molecule has 3 aliphatic carbocycles. The summed E-state index contributed by atoms with van der Waals surface area (Å²) in [4.78, 5) is 0. The average Bonchev–Trinajstić information content (AvgIpc) is 4.04. The largest absolute Gasteiger partial charge is 0.379 e. The Labute approximate surface area is 372 Å². The van der Waals surface area contributed by atoms with Crippen molar-refractivity contribution in [1.29, 1.82) is 0 Å². The van der Waals surface area contributed by atoms with E-state index in [1.54, 1.807) is 0 Å². The topological polar surface area (TPSA) is 84.4 Å². The molecule has 0 aromatic heterocycles. The van der Waals surface area contributed by atoms with Gasteiger partial charge in [0.15, 0.2) is 0 Å². The average molecular weight is 851 g/mol. The molecule has 0 radical (unpaired) electrons. The Balaban J connectivity index is 0.000000189. The SMILES string of the molecule is CC(C)C1CCC2(C)CC2C1.CCC1CCC2OC2C1.CCC1CO1.CCCCC1CO1.CCCCCCC1CO1.CCCCCCCCC1CO1.CCCOCC1CO1. The summed E-state index contributed by atoms with van der Waals surface area (Å²) < 4.78 is 35.6. The second-order valence-electron chi connectivity index (χ2n) is 20.4. The number of fused-ring (bicyclic) bond motifs is 2. The molecule has 0 bridgehead atoms. The van der Waals surface area contributed by atoms with Crippen LogP contribution < -0.4 is 0 Å². The van der Waals surface area contributed by atoms with Gasteiger partial charge in [-0.2, -0.15) is 0 Å². The van der Waals surface area contributed by atoms with E-state index in [9.17, 15) is 0 Å². The van der Waals surface area contributed by atoms with Gasteiger partial charge in [-0.05, 0) is 106 Å². The van der Waals surface area contributed by atoms with Crippen LogP contribution >= 0.6 is 0 Å². The second kappa shape index (κ2) is 32.4. The molecular formula is C53H102O7. The minimum atomic E-state index is 0.432. The van der Waals surface area contributed by atoms with Crippen molar-refractivity contribution in [2.45, 2.75) is 266 Å². The van der Waals surface area contributed by atoms with Crippen molar-refractivity contribution in [2.24, 2.45) is 29.1 Å². The summed E-state index contributed by atoms with van der Waals surface area (Å²) in [5.41, 5.74) is 0.811. The van der Waals surface area contributed by atoms with Crippen molar-refractivity contribution in [3.63, 3.8) is 0 Å². The third kappa shape index (κ3) is 29.2. The fraction of sp³-hybridized carbons (Fsp3) is 1.00. The maximum absolute atomic E-state index is 5.41. The van der Waals surface area contributed by atoms with E-state index in [4.69, 9.17) is 33.2 Å². The van der Waals surface area contributed by atoms with E-state index in [-0.39, 0.29) is 0 Å². The van der Waals surface area contributed by atoms with E-state index in [1.165, 1.54) is 154 Å². The predicted molar refractivity (Wildman–Crippen MR) is 251 cm³/mol. The number of rotatable bonds is 22. The summed E-state index contributed by atoms with van der Waals surface area (Å²) in [6, 6.07) is 0. The van der Waals surface area contributed by atoms with Gasteiger partial charge in [-0.15, -0.1) is 0 Å². The Morgan fingerprint density at radius 1 is 0.533 bits per heavy atom. The number of unbranched alkanes of at least 4 members (excludes halogenated alkanes) is 9. The van der Waals surface area contributed by atoms with Gasteiger partial charge in [0, 0.05) is 6.61 Å². The van der Waals surface area contributed by atoms with E-state index in [1.807, 2.05) is 0 Å². The summed E-state index contributed by atoms with van der Waals surface area (Å²) in [5, 5.41) is 0. The smallest absolute Gasteiger partial charge is 0.104 e. The molecule has 9 rings (SSSR count). The predicted octanol–water partition coefficient (Wildman–Crippen LogP) is 14.1. The van der Waals surface area contributed by atoms with E-state index in [2.05, 4.69) is 62.3 Å². The molecule has 7 heteroatoms. The van der Waals surface area contributed by atoms with Crippen molar-refractivity contribution < 1.29 is 33.2 Å². The van der Waals surface area contributed by atoms with Crippen LogP contribution in [0, 0.1) is 29.1 Å². The summed E-state index contributed by atoms with van der Waals surface area (Å²) in [6.45, 7) is 27.2. The van der Waals surface area contributed by atoms with Crippen LogP contribution in [0.3, 0.4) is 0 Å². The Hall–Kier alpha value is -0.280. The fourth-order valence-corrected chi connectivity index (χ4v) is 8.55. The van der Waals surface area contributed by atoms with Crippen molar-refractivity contribution >= 4 is 0 Å². The Morgan fingerprint density at radius 2 is 1.05 bits per heavy atom. The van der Waals surface area contributed by atoms with Gasteiger partial charge in [-0.1, -0.05) is 146 Å². The molecule has 0 amide bonds. The molecule has 6 aliphatic heterocycles. The van der Waals surface area contributed by atoms with Crippen LogP contribution in [0.2, 0.25) is 0 Å². The third-order valence-electron chi connectivity index (χ3n) is 14.1. The first-order chi connectivity index (χ1) is 29.2. The maximum Gasteiger partial charge on any atom is 0.104 e. The molecule has 60 heavy (non-hydrogen) atoms. The fourth-order valence-electron chi connectivity index (χ4n) is 8.55. The first-order valence-corrected chi connectivity index (χ1v) is 26.5. The molecule has 0 spiro atoms. The van der Waals surface area contributed by atoms with E-state index in [0.29, 0.717) is 42.7 Å². The monoisotopic (exact) mass is 851 g/mol. The molecule has 0 aromatic carbocycles. The molecule has 11 unspecified atom stereocenters. The molecule has 9 aliphatic rings. The molecule has 9 fully saturated rings. The van der Waals surface area contributed by atoms with Gasteiger partial charge < -0.3 is 33.2 Å². The molecular weight excluding hydrogens is 749 g/mol. The zero-order chi connectivity index (χ0) is 43.4. The first kappa shape index (κ1) is 54.1. The quantitative estimate of drug-likeness (QED) is 0.0792. The number of ether oxygens (including phenoxy) is 7. The minimum Gasteiger partial charge on any atom is -0.379 e. The van der Waals surface area contributed by atoms with Gasteiger partial charge in [-0.25, -0.2) is 0 Å². The van der Waals surface area contributed by atoms with Crippen molar-refractivity contribution in [3.8, 4) is 0 Å². The lowest BCUT2D eigenvalue weighted by atomic mass is 9.78. The van der Waals surface area contributed by atoms with Crippen molar-refractivity contribution in [2.75, 3.05) is 46.2 Å². The highest BCUT2D eigenvalue weighted by Gasteiger charge is 2.52. The Bertz CT molecular complexity index is 990. The van der Waals surface area contributed by atoms with E-state index < -0.39 is 0 Å². The van der Waals surface area contributed by atoms with Crippen LogP contribution in [-0.2, 0) is 33.2 Å². The molecule has 0 N–H and O–H groups in total. The lowest BCUT2D eigenvalue weighted by Crippen LogP contribution is -2.18. The van der Waals surface area contributed by atoms with Crippen molar-refractivity contribution in [1.82, 2.24) is 0 Å². The van der Waals surface area contributed by atoms with Gasteiger partial charge in [-0.3, -0.25) is 0 Å². The highest BCUT2D eigenvalue weighted by atomic mass is 16.6. The molecule has 6 heterocycles. The molecule has 6 saturated heterocycles. The van der Waals surface area contributed by atoms with Crippen LogP contribution in [0.15, 0.2) is 0 Å². The molecule has 7 nitrogen and oxygen atoms in total. The third-order valence-corrected chi connectivity index (χ3v) is 14.1. The van der Waals surface area contributed by atoms with E-state index >= 15 is 0 Å². The van der Waals surface area contributed by atoms with E-state index in [0.717, 1.165) is 81.8 Å². The molecule has 3 saturated carbocycles. The number of hydrogen-bond acceptors (Lipinski definition) is 7. The Morgan fingerprint density at radius 3 is 1.48 bits per heavy atom. The summed E-state index contributed by atoms with van der Waals surface area (Å²) >= 11 is 0. The zero-order valence-electron chi connectivity index (χ0n) is 41.3. The van der Waals surface area contributed by atoms with Crippen LogP contribution in [0.4, 0.5) is 0 Å². The van der Waals surface area contributed by atoms with Gasteiger partial charge in [0.05, 0.1) is 76.3 Å². The number of epoxide rings is 6. The molecule has 11 atom stereocenters. The van der Waals surface area contributed by atoms with Crippen LogP contribution in [-0.4, -0.2) is 89.0 Å². The lowest BCUT2D eigenvalue weighted by molar-refractivity contribution is 0.117. The standard InChI is InChI=1S/C11H20.C10H20O.C8H14O.C8H16O.C6H12O2.C6H12O.C4H8O/c1-8(2)9-4-5-11(3)7-10(11)6-9;1-2-3-4-5-6-7-8-10-9-11-10;1-2-6-3-4-7-8(5-6)9-7;1-2-3-4-5-6-8-7-9-8;1-2-3-7-4-6-5-8-6;1-2-3-4-6-5-7-6;1-2-4-3-5-4/h8-10H,4-7H2,1-3H3;10H,2-9H2,1H3;6-8H,2-5H2,1H3;8H,2-7H2,1H3;6H,2-5H2,1H3;6H,2-5H2,1H3;4H,2-3H2,1H3. The summed E-state index contributed by atoms with van der Waals surface area (Å²) in [6.07, 6.45) is 38.7. The van der Waals surface area contributed by atoms with Crippen LogP contribution in [0.25, 0.3) is 0 Å². The normalized spacial score (nSPS) is 33.5. The van der Waals surface area contributed by atoms with Gasteiger partial charge >= 0.3 is 0 Å². The van der Waals surface area contributed by atoms with Crippen LogP contribution in [0.1, 0.15) is 223 Å². The minimum absolute atomic E-state index is 0.432. The second-order valence-corrected chi connectivity index (χ2v) is 20.4. The highest BCUT2D eigenvalue weighted by Crippen LogP contribution is 2.62. The van der Waals surface area contributed by atoms with Crippen molar-refractivity contribution in [3.05, 3.63) is 0 Å². The lowest BCUT2D eigenvalue weighted by Gasteiger charge is -2.28. The van der Waals surface area contributed by atoms with Gasteiger partial charge in [0.1, 0.15) is 6.10 Å². The first-order valence-electron chi connectivity index (χ1n) is 26.5. The van der Waals surface area contributed by atoms with Gasteiger partial charge in [0.25, 0.3) is 0 Å². The zero-order valence-corrected chi connectivity index (χ0v) is 41.3. The highest BCUT2D eigenvalue weighted by molar-refractivity contribution is 5.03.